The Hall–Kier alpha value is -2.68. The summed E-state index contributed by atoms with van der Waals surface area (Å²) < 4.78 is 12.0. The molecule has 0 aromatic heterocycles. The molecule has 1 amide bonds. The molecule has 2 heterocycles. The molecule has 4 rings (SSSR count). The van der Waals surface area contributed by atoms with Crippen molar-refractivity contribution in [1.82, 2.24) is 9.80 Å². The monoisotopic (exact) mass is 556 g/mol. The van der Waals surface area contributed by atoms with Crippen molar-refractivity contribution in [2.75, 3.05) is 46.0 Å². The van der Waals surface area contributed by atoms with Crippen LogP contribution in [-0.2, 0) is 14.3 Å². The number of hydrogen-bond acceptors (Lipinski definition) is 6. The zero-order valence-corrected chi connectivity index (χ0v) is 22.4. The molecule has 2 fully saturated rings. The molecule has 7 nitrogen and oxygen atoms in total. The second-order valence-corrected chi connectivity index (χ2v) is 10.1. The average molecular weight is 557 g/mol. The van der Waals surface area contributed by atoms with Gasteiger partial charge in [-0.25, -0.2) is 0 Å². The summed E-state index contributed by atoms with van der Waals surface area (Å²) in [6, 6.07) is 12.3. The highest BCUT2D eigenvalue weighted by Gasteiger charge is 2.46. The van der Waals surface area contributed by atoms with Gasteiger partial charge in [-0.3, -0.25) is 14.5 Å². The molecule has 0 spiro atoms. The van der Waals surface area contributed by atoms with E-state index in [2.05, 4.69) is 20.8 Å². The molecule has 36 heavy (non-hydrogen) atoms. The van der Waals surface area contributed by atoms with Crippen molar-refractivity contribution in [3.63, 3.8) is 0 Å². The molecular formula is C28H33BrN2O5. The van der Waals surface area contributed by atoms with Crippen LogP contribution >= 0.6 is 15.9 Å². The van der Waals surface area contributed by atoms with Gasteiger partial charge in [-0.05, 0) is 61.2 Å². The summed E-state index contributed by atoms with van der Waals surface area (Å²) >= 11 is 3.46. The number of halogens is 1. The lowest BCUT2D eigenvalue weighted by molar-refractivity contribution is -0.140. The molecular weight excluding hydrogens is 524 g/mol. The number of ketones is 1. The van der Waals surface area contributed by atoms with Crippen LogP contribution in [0.3, 0.4) is 0 Å². The van der Waals surface area contributed by atoms with Crippen molar-refractivity contribution >= 4 is 33.4 Å². The third-order valence-electron chi connectivity index (χ3n) is 6.63. The number of aliphatic hydroxyl groups is 1. The van der Waals surface area contributed by atoms with Gasteiger partial charge in [0.05, 0.1) is 31.4 Å². The Morgan fingerprint density at radius 3 is 2.50 bits per heavy atom. The van der Waals surface area contributed by atoms with E-state index in [-0.39, 0.29) is 11.3 Å². The Kier molecular flexibility index (Phi) is 8.82. The molecule has 2 aliphatic heterocycles. The van der Waals surface area contributed by atoms with Crippen LogP contribution in [0.1, 0.15) is 42.5 Å². The average Bonchev–Trinajstić information content (AvgIpc) is 3.13. The van der Waals surface area contributed by atoms with E-state index in [9.17, 15) is 14.7 Å². The number of carbonyl (C=O) groups is 2. The number of carbonyl (C=O) groups excluding carboxylic acids is 2. The number of hydrogen-bond donors (Lipinski definition) is 1. The van der Waals surface area contributed by atoms with E-state index in [1.54, 1.807) is 17.0 Å². The number of rotatable bonds is 9. The summed E-state index contributed by atoms with van der Waals surface area (Å²) in [5, 5.41) is 11.4. The number of Topliss-reactive ketones (excluding diaryl/α,β-unsaturated/α-hetero) is 1. The number of morpholine rings is 1. The van der Waals surface area contributed by atoms with Gasteiger partial charge in [0.15, 0.2) is 0 Å². The van der Waals surface area contributed by atoms with E-state index in [1.807, 2.05) is 44.2 Å². The van der Waals surface area contributed by atoms with Gasteiger partial charge in [0.25, 0.3) is 11.7 Å². The highest BCUT2D eigenvalue weighted by atomic mass is 79.9. The van der Waals surface area contributed by atoms with Crippen LogP contribution in [0.4, 0.5) is 0 Å². The lowest BCUT2D eigenvalue weighted by atomic mass is 9.94. The number of aliphatic hydroxyl groups excluding tert-OH is 1. The zero-order chi connectivity index (χ0) is 25.7. The van der Waals surface area contributed by atoms with Gasteiger partial charge in [0.1, 0.15) is 11.5 Å². The number of aryl methyl sites for hydroxylation is 1. The quantitative estimate of drug-likeness (QED) is 0.274. The molecule has 2 saturated heterocycles. The van der Waals surface area contributed by atoms with Gasteiger partial charge in [0, 0.05) is 36.2 Å². The first-order valence-electron chi connectivity index (χ1n) is 12.5. The topological polar surface area (TPSA) is 79.3 Å². The molecule has 0 radical (unpaired) electrons. The fourth-order valence-electron chi connectivity index (χ4n) is 4.75. The van der Waals surface area contributed by atoms with E-state index in [4.69, 9.17) is 9.47 Å². The lowest BCUT2D eigenvalue weighted by Gasteiger charge is -2.29. The Bertz CT molecular complexity index is 1130. The first-order valence-corrected chi connectivity index (χ1v) is 13.3. The van der Waals surface area contributed by atoms with Crippen molar-refractivity contribution in [2.24, 2.45) is 0 Å². The summed E-state index contributed by atoms with van der Waals surface area (Å²) in [5.74, 6) is -0.681. The minimum absolute atomic E-state index is 0.124. The standard InChI is InChI=1S/C28H33BrN2O5/c1-3-15-36-22-9-10-23(19(2)18-22)26(32)24-25(20-5-7-21(29)8-6-20)31(28(34)27(24)33)12-4-11-30-13-16-35-17-14-30/h5-10,18,25,32H,3-4,11-17H2,1-2H3. The second kappa shape index (κ2) is 12.0. The molecule has 2 aromatic rings. The van der Waals surface area contributed by atoms with Crippen molar-refractivity contribution in [1.29, 1.82) is 0 Å². The molecule has 2 aliphatic rings. The highest BCUT2D eigenvalue weighted by Crippen LogP contribution is 2.40. The zero-order valence-electron chi connectivity index (χ0n) is 20.8. The predicted octanol–water partition coefficient (Wildman–Crippen LogP) is 4.69. The summed E-state index contributed by atoms with van der Waals surface area (Å²) in [4.78, 5) is 30.4. The van der Waals surface area contributed by atoms with Gasteiger partial charge in [-0.2, -0.15) is 0 Å². The van der Waals surface area contributed by atoms with Crippen LogP contribution < -0.4 is 4.74 Å². The van der Waals surface area contributed by atoms with Gasteiger partial charge in [-0.1, -0.05) is 35.0 Å². The van der Waals surface area contributed by atoms with E-state index in [0.29, 0.717) is 37.7 Å². The summed E-state index contributed by atoms with van der Waals surface area (Å²) in [5.41, 5.74) is 2.20. The number of ether oxygens (including phenoxy) is 2. The minimum atomic E-state index is -0.655. The molecule has 0 aliphatic carbocycles. The summed E-state index contributed by atoms with van der Waals surface area (Å²) in [6.07, 6.45) is 1.62. The first-order chi connectivity index (χ1) is 17.4. The van der Waals surface area contributed by atoms with Crippen LogP contribution in [0, 0.1) is 6.92 Å². The van der Waals surface area contributed by atoms with Crippen molar-refractivity contribution in [3.05, 3.63) is 69.2 Å². The second-order valence-electron chi connectivity index (χ2n) is 9.18. The Morgan fingerprint density at radius 1 is 1.11 bits per heavy atom. The molecule has 1 atom stereocenters. The molecule has 192 valence electrons. The van der Waals surface area contributed by atoms with Gasteiger partial charge < -0.3 is 19.5 Å². The minimum Gasteiger partial charge on any atom is -0.507 e. The SMILES string of the molecule is CCCOc1ccc(C(O)=C2C(=O)C(=O)N(CCCN3CCOCC3)C2c2ccc(Br)cc2)c(C)c1. The first kappa shape index (κ1) is 26.4. The van der Waals surface area contributed by atoms with E-state index in [0.717, 1.165) is 48.1 Å². The largest absolute Gasteiger partial charge is 0.507 e. The van der Waals surface area contributed by atoms with Crippen molar-refractivity contribution < 1.29 is 24.2 Å². The molecule has 2 aromatic carbocycles. The van der Waals surface area contributed by atoms with E-state index < -0.39 is 17.7 Å². The Balaban J connectivity index is 1.66. The molecule has 0 saturated carbocycles. The molecule has 1 N–H and O–H groups in total. The van der Waals surface area contributed by atoms with Crippen molar-refractivity contribution in [2.45, 2.75) is 32.7 Å². The number of benzene rings is 2. The van der Waals surface area contributed by atoms with E-state index in [1.165, 1.54) is 0 Å². The van der Waals surface area contributed by atoms with Gasteiger partial charge in [0.2, 0.25) is 0 Å². The fraction of sp³-hybridized carbons (Fsp3) is 0.429. The van der Waals surface area contributed by atoms with Crippen LogP contribution in [-0.4, -0.2) is 72.6 Å². The Morgan fingerprint density at radius 2 is 1.83 bits per heavy atom. The van der Waals surface area contributed by atoms with Gasteiger partial charge in [-0.15, -0.1) is 0 Å². The third-order valence-corrected chi connectivity index (χ3v) is 7.16. The number of likely N-dealkylation sites (tertiary alicyclic amines) is 1. The predicted molar refractivity (Wildman–Crippen MR) is 142 cm³/mol. The normalized spacial score (nSPS) is 20.2. The van der Waals surface area contributed by atoms with Crippen LogP contribution in [0.2, 0.25) is 0 Å². The summed E-state index contributed by atoms with van der Waals surface area (Å²) in [6.45, 7) is 8.90. The van der Waals surface area contributed by atoms with Crippen molar-refractivity contribution in [3.8, 4) is 5.75 Å². The fourth-order valence-corrected chi connectivity index (χ4v) is 5.01. The number of nitrogens with zero attached hydrogens (tertiary/aromatic N) is 2. The highest BCUT2D eigenvalue weighted by molar-refractivity contribution is 9.10. The third kappa shape index (κ3) is 5.82. The molecule has 1 unspecified atom stereocenters. The number of amides is 1. The lowest BCUT2D eigenvalue weighted by Crippen LogP contribution is -2.38. The molecule has 0 bridgehead atoms. The maximum atomic E-state index is 13.3. The maximum Gasteiger partial charge on any atom is 0.295 e. The smallest absolute Gasteiger partial charge is 0.295 e. The Labute approximate surface area is 220 Å². The van der Waals surface area contributed by atoms with E-state index >= 15 is 0 Å². The molecule has 8 heteroatoms. The van der Waals surface area contributed by atoms with Crippen LogP contribution in [0.25, 0.3) is 5.76 Å². The van der Waals surface area contributed by atoms with Gasteiger partial charge >= 0.3 is 0 Å². The summed E-state index contributed by atoms with van der Waals surface area (Å²) in [7, 11) is 0. The van der Waals surface area contributed by atoms with Crippen LogP contribution in [0.5, 0.6) is 5.75 Å². The maximum absolute atomic E-state index is 13.3. The van der Waals surface area contributed by atoms with Crippen LogP contribution in [0.15, 0.2) is 52.5 Å².